The van der Waals surface area contributed by atoms with E-state index in [1.165, 1.54) is 49.2 Å². The van der Waals surface area contributed by atoms with Crippen LogP contribution in [0.1, 0.15) is 39.5 Å². The van der Waals surface area contributed by atoms with E-state index in [0.29, 0.717) is 0 Å². The highest BCUT2D eigenvalue weighted by molar-refractivity contribution is 7.02. The maximum absolute atomic E-state index is 2.35. The quantitative estimate of drug-likeness (QED) is 0.225. The summed E-state index contributed by atoms with van der Waals surface area (Å²) in [6, 6.07) is 35.0. The Labute approximate surface area is 195 Å². The maximum Gasteiger partial charge on any atom is 0.212 e. The molecule has 0 aliphatic carbocycles. The van der Waals surface area contributed by atoms with Crippen LogP contribution in [0.4, 0.5) is 0 Å². The molecule has 166 valence electrons. The van der Waals surface area contributed by atoms with E-state index in [9.17, 15) is 0 Å². The van der Waals surface area contributed by atoms with E-state index in [2.05, 4.69) is 129 Å². The van der Waals surface area contributed by atoms with Crippen molar-refractivity contribution >= 4 is 28.0 Å². The molecule has 0 unspecified atom stereocenters. The lowest BCUT2D eigenvalue weighted by molar-refractivity contribution is -0.644. The average molecular weight is 423 g/mol. The van der Waals surface area contributed by atoms with Gasteiger partial charge in [0.15, 0.2) is 6.20 Å². The number of aromatic nitrogens is 1. The van der Waals surface area contributed by atoms with Crippen molar-refractivity contribution < 1.29 is 4.57 Å². The minimum Gasteiger partial charge on any atom is -0.205 e. The van der Waals surface area contributed by atoms with Gasteiger partial charge in [0.05, 0.1) is 6.15 Å². The van der Waals surface area contributed by atoms with E-state index in [1.54, 1.807) is 10.9 Å². The van der Waals surface area contributed by atoms with Crippen LogP contribution >= 0.6 is 0 Å². The van der Waals surface area contributed by atoms with E-state index in [1.807, 2.05) is 0 Å². The van der Waals surface area contributed by atoms with Gasteiger partial charge in [-0.05, 0) is 12.1 Å². The minimum atomic E-state index is -0.611. The zero-order valence-corrected chi connectivity index (χ0v) is 20.1. The van der Waals surface area contributed by atoms with Crippen molar-refractivity contribution in [3.63, 3.8) is 0 Å². The van der Waals surface area contributed by atoms with Crippen LogP contribution in [-0.4, -0.2) is 6.15 Å². The summed E-state index contributed by atoms with van der Waals surface area (Å²) in [4.78, 5) is 0. The Morgan fingerprint density at radius 2 is 1.06 bits per heavy atom. The molecule has 0 atom stereocenters. The first-order valence-electron chi connectivity index (χ1n) is 12.3. The van der Waals surface area contributed by atoms with E-state index >= 15 is 0 Å². The van der Waals surface area contributed by atoms with Crippen molar-refractivity contribution in [2.24, 2.45) is 7.05 Å². The van der Waals surface area contributed by atoms with Gasteiger partial charge in [-0.15, -0.1) is 0 Å². The Kier molecular flexibility index (Phi) is 9.10. The fourth-order valence-corrected chi connectivity index (χ4v) is 5.06. The molecule has 32 heavy (non-hydrogen) atoms. The summed E-state index contributed by atoms with van der Waals surface area (Å²) in [5, 5.41) is 1.29. The minimum absolute atomic E-state index is 0.611. The van der Waals surface area contributed by atoms with Crippen LogP contribution in [0.2, 0.25) is 12.6 Å². The predicted molar refractivity (Wildman–Crippen MR) is 142 cm³/mol. The first-order chi connectivity index (χ1) is 15.7. The van der Waals surface area contributed by atoms with Gasteiger partial charge in [0, 0.05) is 17.5 Å². The van der Waals surface area contributed by atoms with Crippen molar-refractivity contribution in [1.82, 2.24) is 0 Å². The summed E-state index contributed by atoms with van der Waals surface area (Å²) in [7, 11) is 2.06. The molecule has 0 radical (unpaired) electrons. The zero-order chi connectivity index (χ0) is 22.7. The average Bonchev–Trinajstić information content (AvgIpc) is 2.86. The number of benzene rings is 3. The van der Waals surface area contributed by atoms with Gasteiger partial charge in [-0.2, -0.15) is 12.6 Å². The number of hydrogen-bond donors (Lipinski definition) is 0. The number of hydrogen-bond acceptors (Lipinski definition) is 0. The molecule has 0 fully saturated rings. The second-order valence-electron chi connectivity index (χ2n) is 9.03. The first-order valence-corrected chi connectivity index (χ1v) is 12.3. The fraction of sp³-hybridized carbons (Fsp3) is 0.300. The predicted octanol–water partition coefficient (Wildman–Crippen LogP) is 6.51. The number of para-hydroxylation sites is 1. The third kappa shape index (κ3) is 5.88. The Morgan fingerprint density at radius 1 is 0.594 bits per heavy atom. The molecule has 1 aromatic heterocycles. The van der Waals surface area contributed by atoms with Crippen LogP contribution in [0.3, 0.4) is 0 Å². The van der Waals surface area contributed by atoms with Gasteiger partial charge < -0.3 is 0 Å². The van der Waals surface area contributed by atoms with Crippen molar-refractivity contribution in [3.8, 4) is 0 Å². The van der Waals surface area contributed by atoms with E-state index < -0.39 is 6.15 Å². The number of rotatable bonds is 8. The summed E-state index contributed by atoms with van der Waals surface area (Å²) >= 11 is 0. The second-order valence-corrected chi connectivity index (χ2v) is 9.03. The van der Waals surface area contributed by atoms with Crippen LogP contribution in [0.15, 0.2) is 103 Å². The largest absolute Gasteiger partial charge is 0.212 e. The molecule has 0 saturated carbocycles. The summed E-state index contributed by atoms with van der Waals surface area (Å²) < 4.78 is 2.12. The molecule has 1 heterocycles. The number of aryl methyl sites for hydroxylation is 1. The molecule has 0 spiro atoms. The lowest BCUT2D eigenvalue weighted by Crippen LogP contribution is -2.58. The van der Waals surface area contributed by atoms with Crippen molar-refractivity contribution in [3.05, 3.63) is 103 Å². The van der Waals surface area contributed by atoms with Gasteiger partial charge in [-0.3, -0.25) is 0 Å². The molecule has 0 aliphatic rings. The molecule has 0 bridgehead atoms. The first kappa shape index (κ1) is 23.8. The third-order valence-corrected chi connectivity index (χ3v) is 6.88. The SMILES string of the molecule is CCCC[B-](CCCC)(c1ccccc1)c1ccccc1.C[n+]1cccc2ccccc21. The molecule has 3 aromatic carbocycles. The normalized spacial score (nSPS) is 11.1. The van der Waals surface area contributed by atoms with Gasteiger partial charge >= 0.3 is 0 Å². The van der Waals surface area contributed by atoms with Crippen molar-refractivity contribution in [2.45, 2.75) is 52.2 Å². The van der Waals surface area contributed by atoms with Crippen LogP contribution in [0, 0.1) is 0 Å². The maximum atomic E-state index is 2.35. The summed E-state index contributed by atoms with van der Waals surface area (Å²) in [6.07, 6.45) is 9.24. The lowest BCUT2D eigenvalue weighted by atomic mass is 9.15. The van der Waals surface area contributed by atoms with Crippen molar-refractivity contribution in [1.29, 1.82) is 0 Å². The Morgan fingerprint density at radius 3 is 1.56 bits per heavy atom. The molecule has 4 rings (SSSR count). The number of unbranched alkanes of at least 4 members (excludes halogenated alkanes) is 2. The standard InChI is InChI=1S/C20H28B.C10H10N/c1-3-5-17-21(18-6-4-2,19-13-9-7-10-14-19)20-15-11-8-12-16-20;1-11-8-4-6-9-5-2-3-7-10(9)11/h7-16H,3-6,17-18H2,1-2H3;2-8H,1H3/q-1;+1. The van der Waals surface area contributed by atoms with Crippen molar-refractivity contribution in [2.75, 3.05) is 0 Å². The van der Waals surface area contributed by atoms with Gasteiger partial charge in [0.25, 0.3) is 0 Å². The van der Waals surface area contributed by atoms with Crippen LogP contribution in [0.5, 0.6) is 0 Å². The Bertz CT molecular complexity index is 1000. The van der Waals surface area contributed by atoms with Crippen LogP contribution < -0.4 is 15.5 Å². The Hall–Kier alpha value is -2.87. The lowest BCUT2D eigenvalue weighted by Gasteiger charge is -2.42. The molecule has 2 heteroatoms. The molecule has 0 amide bonds. The highest BCUT2D eigenvalue weighted by Crippen LogP contribution is 2.22. The molecule has 1 nitrogen and oxygen atoms in total. The third-order valence-electron chi connectivity index (χ3n) is 6.88. The molecule has 0 aliphatic heterocycles. The zero-order valence-electron chi connectivity index (χ0n) is 20.1. The number of fused-ring (bicyclic) bond motifs is 1. The summed E-state index contributed by atoms with van der Waals surface area (Å²) in [6.45, 7) is 4.60. The van der Waals surface area contributed by atoms with Gasteiger partial charge in [-0.1, -0.05) is 112 Å². The highest BCUT2D eigenvalue weighted by Gasteiger charge is 2.26. The van der Waals surface area contributed by atoms with Gasteiger partial charge in [-0.25, -0.2) is 15.5 Å². The monoisotopic (exact) mass is 423 g/mol. The molecule has 4 aromatic rings. The van der Waals surface area contributed by atoms with Crippen LogP contribution in [-0.2, 0) is 7.05 Å². The number of nitrogens with zero attached hydrogens (tertiary/aromatic N) is 1. The molecule has 0 N–H and O–H groups in total. The number of pyridine rings is 1. The fourth-order valence-electron chi connectivity index (χ4n) is 5.06. The topological polar surface area (TPSA) is 3.88 Å². The van der Waals surface area contributed by atoms with Gasteiger partial charge in [0.2, 0.25) is 5.52 Å². The highest BCUT2D eigenvalue weighted by atomic mass is 14.9. The van der Waals surface area contributed by atoms with E-state index in [4.69, 9.17) is 0 Å². The summed E-state index contributed by atoms with van der Waals surface area (Å²) in [5.41, 5.74) is 4.37. The summed E-state index contributed by atoms with van der Waals surface area (Å²) in [5.74, 6) is 0. The molecular formula is C30H38BN. The van der Waals surface area contributed by atoms with Crippen LogP contribution in [0.25, 0.3) is 10.9 Å². The van der Waals surface area contributed by atoms with E-state index in [-0.39, 0.29) is 0 Å². The molecule has 0 saturated heterocycles. The Balaban J connectivity index is 0.000000219. The molecular weight excluding hydrogens is 385 g/mol. The van der Waals surface area contributed by atoms with E-state index in [0.717, 1.165) is 0 Å². The van der Waals surface area contributed by atoms with Gasteiger partial charge in [0.1, 0.15) is 7.05 Å². The smallest absolute Gasteiger partial charge is 0.205 e. The second kappa shape index (κ2) is 12.2.